The normalized spacial score (nSPS) is 17.6. The van der Waals surface area contributed by atoms with Gasteiger partial charge in [0.05, 0.1) is 28.8 Å². The number of benzene rings is 1. The van der Waals surface area contributed by atoms with Crippen LogP contribution < -0.4 is 20.7 Å². The number of methoxy groups -OCH3 is 1. The molecule has 0 saturated carbocycles. The van der Waals surface area contributed by atoms with E-state index in [1.165, 1.54) is 37.4 Å². The maximum atomic E-state index is 14.9. The second-order valence-corrected chi connectivity index (χ2v) is 9.85. The van der Waals surface area contributed by atoms with Gasteiger partial charge in [-0.05, 0) is 43.9 Å². The van der Waals surface area contributed by atoms with Crippen molar-refractivity contribution in [2.75, 3.05) is 43.6 Å². The van der Waals surface area contributed by atoms with Gasteiger partial charge < -0.3 is 25.4 Å². The number of anilines is 3. The summed E-state index contributed by atoms with van der Waals surface area (Å²) in [5.74, 6) is 7.19. The van der Waals surface area contributed by atoms with Crippen LogP contribution in [0.2, 0.25) is 0 Å². The molecule has 0 radical (unpaired) electrons. The van der Waals surface area contributed by atoms with E-state index in [4.69, 9.17) is 15.2 Å². The van der Waals surface area contributed by atoms with Crippen molar-refractivity contribution in [3.63, 3.8) is 0 Å². The average molecular weight is 547 g/mol. The molecule has 2 aliphatic heterocycles. The zero-order valence-electron chi connectivity index (χ0n) is 22.2. The predicted octanol–water partition coefficient (Wildman–Crippen LogP) is 4.65. The highest BCUT2D eigenvalue weighted by Gasteiger charge is 2.25. The van der Waals surface area contributed by atoms with E-state index in [2.05, 4.69) is 32.0 Å². The van der Waals surface area contributed by atoms with E-state index in [1.54, 1.807) is 6.20 Å². The molecule has 0 spiro atoms. The molecule has 2 saturated heterocycles. The molecule has 208 valence electrons. The smallest absolute Gasteiger partial charge is 0.295 e. The summed E-state index contributed by atoms with van der Waals surface area (Å²) < 4.78 is 25.6. The van der Waals surface area contributed by atoms with Crippen molar-refractivity contribution in [3.05, 3.63) is 64.1 Å². The largest absolute Gasteiger partial charge is 0.496 e. The lowest BCUT2D eigenvalue weighted by atomic mass is 10.00. The number of rotatable bonds is 6. The number of hydrogen-bond acceptors (Lipinski definition) is 9. The number of pyridine rings is 2. The van der Waals surface area contributed by atoms with Gasteiger partial charge in [-0.25, -0.2) is 14.4 Å². The van der Waals surface area contributed by atoms with E-state index < -0.39 is 10.7 Å². The summed E-state index contributed by atoms with van der Waals surface area (Å²) in [4.78, 5) is 22.4. The van der Waals surface area contributed by atoms with Crippen LogP contribution in [0, 0.1) is 33.7 Å². The Labute approximate surface area is 231 Å². The molecule has 3 N–H and O–H groups in total. The van der Waals surface area contributed by atoms with E-state index in [0.29, 0.717) is 12.4 Å². The Morgan fingerprint density at radius 3 is 2.80 bits per heavy atom. The standard InChI is InChI=1S/C29H31FN6O4/c1-39-25-6-2-5-22(30)28(25)29-23(36(37)38)9-10-26(34-29)33-27-16-24(35-13-3-4-21(31)18-35)20(17-32-27)8-7-19-11-14-40-15-12-19/h2,5-6,9-10,16-17,19,21H,3-4,11-15,18,31H2,1H3,(H,32,33,34)/t21-/m0/s1. The summed E-state index contributed by atoms with van der Waals surface area (Å²) in [6.45, 7) is 2.98. The maximum absolute atomic E-state index is 14.9. The number of nitrogens with one attached hydrogen (secondary N) is 1. The monoisotopic (exact) mass is 546 g/mol. The Bertz CT molecular complexity index is 1450. The molecule has 0 amide bonds. The lowest BCUT2D eigenvalue weighted by Gasteiger charge is -2.33. The van der Waals surface area contributed by atoms with E-state index in [1.807, 2.05) is 6.07 Å². The Kier molecular flexibility index (Phi) is 8.38. The first-order valence-electron chi connectivity index (χ1n) is 13.3. The second-order valence-electron chi connectivity index (χ2n) is 9.85. The molecule has 4 heterocycles. The highest BCUT2D eigenvalue weighted by atomic mass is 19.1. The van der Waals surface area contributed by atoms with E-state index in [0.717, 1.165) is 56.7 Å². The fourth-order valence-corrected chi connectivity index (χ4v) is 5.01. The zero-order valence-corrected chi connectivity index (χ0v) is 22.2. The first kappa shape index (κ1) is 27.3. The third kappa shape index (κ3) is 6.14. The third-order valence-corrected chi connectivity index (χ3v) is 7.07. The van der Waals surface area contributed by atoms with Gasteiger partial charge in [0.25, 0.3) is 5.69 Å². The van der Waals surface area contributed by atoms with Crippen LogP contribution in [0.3, 0.4) is 0 Å². The molecule has 11 heteroatoms. The zero-order chi connectivity index (χ0) is 28.1. The number of halogens is 1. The minimum Gasteiger partial charge on any atom is -0.496 e. The number of ether oxygens (including phenoxy) is 2. The van der Waals surface area contributed by atoms with Crippen LogP contribution in [0.1, 0.15) is 31.2 Å². The van der Waals surface area contributed by atoms with Gasteiger partial charge in [0.1, 0.15) is 23.2 Å². The minimum atomic E-state index is -0.679. The summed E-state index contributed by atoms with van der Waals surface area (Å²) in [5, 5.41) is 14.9. The van der Waals surface area contributed by atoms with Crippen molar-refractivity contribution in [3.8, 4) is 28.8 Å². The quantitative estimate of drug-likeness (QED) is 0.258. The minimum absolute atomic E-state index is 0.0595. The molecular weight excluding hydrogens is 515 g/mol. The van der Waals surface area contributed by atoms with Gasteiger partial charge >= 0.3 is 0 Å². The SMILES string of the molecule is COc1cccc(F)c1-c1nc(Nc2cc(N3CCC[C@H](N)C3)c(C#CC3CCOCC3)cn2)ccc1[N+](=O)[O-]. The van der Waals surface area contributed by atoms with Crippen LogP contribution in [0.4, 0.5) is 27.4 Å². The van der Waals surface area contributed by atoms with Crippen LogP contribution in [0.25, 0.3) is 11.3 Å². The molecule has 5 rings (SSSR count). The second kappa shape index (κ2) is 12.3. The summed E-state index contributed by atoms with van der Waals surface area (Å²) in [6, 6.07) is 8.90. The molecule has 0 aliphatic carbocycles. The molecule has 1 aromatic carbocycles. The topological polar surface area (TPSA) is 129 Å². The molecule has 2 aliphatic rings. The molecule has 0 unspecified atom stereocenters. The molecule has 2 aromatic heterocycles. The van der Waals surface area contributed by atoms with Crippen molar-refractivity contribution in [2.45, 2.75) is 31.7 Å². The van der Waals surface area contributed by atoms with Gasteiger partial charge in [-0.1, -0.05) is 17.9 Å². The summed E-state index contributed by atoms with van der Waals surface area (Å²) in [5.41, 5.74) is 7.42. The van der Waals surface area contributed by atoms with Gasteiger partial charge in [0.15, 0.2) is 5.69 Å². The molecular formula is C29H31FN6O4. The van der Waals surface area contributed by atoms with E-state index in [-0.39, 0.29) is 40.5 Å². The first-order valence-corrected chi connectivity index (χ1v) is 13.3. The van der Waals surface area contributed by atoms with E-state index in [9.17, 15) is 14.5 Å². The summed E-state index contributed by atoms with van der Waals surface area (Å²) >= 11 is 0. The lowest BCUT2D eigenvalue weighted by Crippen LogP contribution is -2.43. The van der Waals surface area contributed by atoms with Crippen LogP contribution in [0.15, 0.2) is 42.6 Å². The summed E-state index contributed by atoms with van der Waals surface area (Å²) in [7, 11) is 1.37. The lowest BCUT2D eigenvalue weighted by molar-refractivity contribution is -0.384. The van der Waals surface area contributed by atoms with Gasteiger partial charge in [0.2, 0.25) is 0 Å². The van der Waals surface area contributed by atoms with Gasteiger partial charge in [-0.2, -0.15) is 0 Å². The number of hydrogen-bond donors (Lipinski definition) is 2. The molecule has 1 atom stereocenters. The van der Waals surface area contributed by atoms with Crippen LogP contribution in [0.5, 0.6) is 5.75 Å². The number of nitrogens with two attached hydrogens (primary N) is 1. The Balaban J connectivity index is 1.50. The Morgan fingerprint density at radius 2 is 2.05 bits per heavy atom. The number of piperidine rings is 1. The van der Waals surface area contributed by atoms with Crippen molar-refractivity contribution in [1.82, 2.24) is 9.97 Å². The Hall–Kier alpha value is -4.27. The Morgan fingerprint density at radius 1 is 1.23 bits per heavy atom. The average Bonchev–Trinajstić information content (AvgIpc) is 2.96. The van der Waals surface area contributed by atoms with Crippen LogP contribution in [-0.2, 0) is 4.74 Å². The van der Waals surface area contributed by atoms with Crippen LogP contribution in [-0.4, -0.2) is 54.3 Å². The van der Waals surface area contributed by atoms with Gasteiger partial charge in [-0.3, -0.25) is 10.1 Å². The molecule has 2 fully saturated rings. The van der Waals surface area contributed by atoms with Gasteiger partial charge in [0, 0.05) is 56.6 Å². The van der Waals surface area contributed by atoms with Gasteiger partial charge in [-0.15, -0.1) is 0 Å². The molecule has 0 bridgehead atoms. The van der Waals surface area contributed by atoms with Crippen molar-refractivity contribution < 1.29 is 18.8 Å². The molecule has 40 heavy (non-hydrogen) atoms. The fraction of sp³-hybridized carbons (Fsp3) is 0.379. The fourth-order valence-electron chi connectivity index (χ4n) is 5.01. The first-order chi connectivity index (χ1) is 19.4. The van der Waals surface area contributed by atoms with Crippen LogP contribution >= 0.6 is 0 Å². The maximum Gasteiger partial charge on any atom is 0.295 e. The van der Waals surface area contributed by atoms with Crippen molar-refractivity contribution >= 4 is 23.0 Å². The highest BCUT2D eigenvalue weighted by molar-refractivity contribution is 5.77. The molecule has 3 aromatic rings. The highest BCUT2D eigenvalue weighted by Crippen LogP contribution is 2.38. The third-order valence-electron chi connectivity index (χ3n) is 7.07. The predicted molar refractivity (Wildman–Crippen MR) is 150 cm³/mol. The number of nitrogens with zero attached hydrogens (tertiary/aromatic N) is 4. The molecule has 10 nitrogen and oxygen atoms in total. The summed E-state index contributed by atoms with van der Waals surface area (Å²) in [6.07, 6.45) is 5.47. The number of nitro groups is 1. The van der Waals surface area contributed by atoms with Crippen molar-refractivity contribution in [1.29, 1.82) is 0 Å². The van der Waals surface area contributed by atoms with E-state index >= 15 is 0 Å². The van der Waals surface area contributed by atoms with Crippen molar-refractivity contribution in [2.24, 2.45) is 11.7 Å². The number of aromatic nitrogens is 2.